The van der Waals surface area contributed by atoms with Crippen LogP contribution in [0.2, 0.25) is 0 Å². The van der Waals surface area contributed by atoms with Crippen molar-refractivity contribution < 1.29 is 18.4 Å². The van der Waals surface area contributed by atoms with Gasteiger partial charge in [0.1, 0.15) is 11.6 Å². The average Bonchev–Trinajstić information content (AvgIpc) is 3.22. The Morgan fingerprint density at radius 1 is 1.16 bits per heavy atom. The molecule has 2 aromatic carbocycles. The predicted molar refractivity (Wildman–Crippen MR) is 112 cm³/mol. The largest absolute Gasteiger partial charge is 0.342 e. The fourth-order valence-corrected chi connectivity index (χ4v) is 3.75. The van der Waals surface area contributed by atoms with Crippen LogP contribution in [0.3, 0.4) is 0 Å². The standard InChI is InChI=1S/C22H22F2N6O2/c1-14-26-27-28-30(14)18-8-9-19(24)20(12-18)25-22(32)16-3-2-10-29(13-16)21(31)11-15-4-6-17(23)7-5-15/h4-9,12,16H,2-3,10-11,13H2,1H3,(H,25,32). The lowest BCUT2D eigenvalue weighted by Gasteiger charge is -2.32. The molecule has 8 nitrogen and oxygen atoms in total. The average molecular weight is 440 g/mol. The summed E-state index contributed by atoms with van der Waals surface area (Å²) in [6, 6.07) is 10.0. The molecule has 1 saturated heterocycles. The van der Waals surface area contributed by atoms with Crippen LogP contribution in [-0.4, -0.2) is 50.0 Å². The van der Waals surface area contributed by atoms with Crippen LogP contribution in [0.4, 0.5) is 14.5 Å². The zero-order valence-corrected chi connectivity index (χ0v) is 17.5. The quantitative estimate of drug-likeness (QED) is 0.659. The van der Waals surface area contributed by atoms with Gasteiger partial charge in [-0.3, -0.25) is 9.59 Å². The number of nitrogens with zero attached hydrogens (tertiary/aromatic N) is 5. The molecule has 1 aromatic heterocycles. The second-order valence-corrected chi connectivity index (χ2v) is 7.77. The Bertz CT molecular complexity index is 1130. The van der Waals surface area contributed by atoms with Gasteiger partial charge in [-0.2, -0.15) is 4.68 Å². The smallest absolute Gasteiger partial charge is 0.229 e. The van der Waals surface area contributed by atoms with Crippen molar-refractivity contribution >= 4 is 17.5 Å². The molecule has 0 bridgehead atoms. The zero-order chi connectivity index (χ0) is 22.7. The molecule has 0 spiro atoms. The minimum Gasteiger partial charge on any atom is -0.342 e. The van der Waals surface area contributed by atoms with E-state index in [1.807, 2.05) is 0 Å². The first-order valence-corrected chi connectivity index (χ1v) is 10.3. The van der Waals surface area contributed by atoms with E-state index in [0.717, 1.165) is 0 Å². The van der Waals surface area contributed by atoms with Gasteiger partial charge in [-0.15, -0.1) is 5.10 Å². The molecule has 2 amide bonds. The number of benzene rings is 2. The first-order chi connectivity index (χ1) is 15.4. The minimum absolute atomic E-state index is 0.0252. The van der Waals surface area contributed by atoms with E-state index >= 15 is 0 Å². The molecule has 4 rings (SSSR count). The van der Waals surface area contributed by atoms with Gasteiger partial charge in [-0.1, -0.05) is 12.1 Å². The number of carbonyl (C=O) groups excluding carboxylic acids is 2. The SMILES string of the molecule is Cc1nnnn1-c1ccc(F)c(NC(=O)C2CCCN(C(=O)Cc3ccc(F)cc3)C2)c1. The molecule has 0 saturated carbocycles. The van der Waals surface area contributed by atoms with Crippen LogP contribution in [0.15, 0.2) is 42.5 Å². The molecule has 1 unspecified atom stereocenters. The first-order valence-electron chi connectivity index (χ1n) is 10.3. The van der Waals surface area contributed by atoms with Crippen molar-refractivity contribution in [2.75, 3.05) is 18.4 Å². The molecule has 0 radical (unpaired) electrons. The third-order valence-corrected chi connectivity index (χ3v) is 5.49. The summed E-state index contributed by atoms with van der Waals surface area (Å²) < 4.78 is 28.9. The summed E-state index contributed by atoms with van der Waals surface area (Å²) in [4.78, 5) is 27.1. The summed E-state index contributed by atoms with van der Waals surface area (Å²) >= 11 is 0. The summed E-state index contributed by atoms with van der Waals surface area (Å²) in [5, 5.41) is 13.9. The monoisotopic (exact) mass is 440 g/mol. The number of aryl methyl sites for hydroxylation is 1. The fraction of sp³-hybridized carbons (Fsp3) is 0.318. The third-order valence-electron chi connectivity index (χ3n) is 5.49. The van der Waals surface area contributed by atoms with Crippen molar-refractivity contribution in [2.45, 2.75) is 26.2 Å². The Kier molecular flexibility index (Phi) is 6.20. The number of nitrogens with one attached hydrogen (secondary N) is 1. The summed E-state index contributed by atoms with van der Waals surface area (Å²) in [5.41, 5.74) is 1.25. The van der Waals surface area contributed by atoms with Crippen LogP contribution in [0.1, 0.15) is 24.2 Å². The summed E-state index contributed by atoms with van der Waals surface area (Å²) in [5.74, 6) is -1.35. The van der Waals surface area contributed by atoms with Gasteiger partial charge in [0.15, 0.2) is 5.82 Å². The Balaban J connectivity index is 1.42. The zero-order valence-electron chi connectivity index (χ0n) is 17.5. The highest BCUT2D eigenvalue weighted by atomic mass is 19.1. The Labute approximate surface area is 183 Å². The van der Waals surface area contributed by atoms with Crippen LogP contribution in [0, 0.1) is 24.5 Å². The number of tetrazole rings is 1. The molecule has 10 heteroatoms. The topological polar surface area (TPSA) is 93.0 Å². The molecule has 2 heterocycles. The highest BCUT2D eigenvalue weighted by Crippen LogP contribution is 2.23. The van der Waals surface area contributed by atoms with Crippen molar-refractivity contribution in [1.82, 2.24) is 25.1 Å². The maximum atomic E-state index is 14.3. The molecular weight excluding hydrogens is 418 g/mol. The number of aromatic nitrogens is 4. The second-order valence-electron chi connectivity index (χ2n) is 7.77. The summed E-state index contributed by atoms with van der Waals surface area (Å²) in [6.07, 6.45) is 1.40. The van der Waals surface area contributed by atoms with Gasteiger partial charge in [0.25, 0.3) is 0 Å². The molecule has 166 valence electrons. The number of carbonyl (C=O) groups is 2. The molecule has 0 aliphatic carbocycles. The molecule has 3 aromatic rings. The summed E-state index contributed by atoms with van der Waals surface area (Å²) in [7, 11) is 0. The van der Waals surface area contributed by atoms with Crippen LogP contribution in [0.5, 0.6) is 0 Å². The Morgan fingerprint density at radius 2 is 1.94 bits per heavy atom. The van der Waals surface area contributed by atoms with Crippen molar-refractivity contribution in [1.29, 1.82) is 0 Å². The van der Waals surface area contributed by atoms with E-state index in [1.54, 1.807) is 24.0 Å². The van der Waals surface area contributed by atoms with Crippen molar-refractivity contribution in [3.05, 3.63) is 65.5 Å². The third kappa shape index (κ3) is 4.79. The number of piperidine rings is 1. The normalized spacial score (nSPS) is 16.1. The van der Waals surface area contributed by atoms with Crippen LogP contribution in [-0.2, 0) is 16.0 Å². The van der Waals surface area contributed by atoms with E-state index in [1.165, 1.54) is 35.0 Å². The van der Waals surface area contributed by atoms with Crippen LogP contribution >= 0.6 is 0 Å². The number of hydrogen-bond acceptors (Lipinski definition) is 5. The molecule has 1 N–H and O–H groups in total. The molecule has 1 fully saturated rings. The van der Waals surface area contributed by atoms with E-state index in [9.17, 15) is 18.4 Å². The van der Waals surface area contributed by atoms with Gasteiger partial charge < -0.3 is 10.2 Å². The number of halogens is 2. The molecule has 1 atom stereocenters. The highest BCUT2D eigenvalue weighted by molar-refractivity contribution is 5.93. The first kappa shape index (κ1) is 21.5. The van der Waals surface area contributed by atoms with E-state index < -0.39 is 11.7 Å². The number of amides is 2. The van der Waals surface area contributed by atoms with Crippen molar-refractivity contribution in [3.63, 3.8) is 0 Å². The van der Waals surface area contributed by atoms with E-state index in [4.69, 9.17) is 0 Å². The minimum atomic E-state index is -0.576. The number of hydrogen-bond donors (Lipinski definition) is 1. The van der Waals surface area contributed by atoms with Gasteiger partial charge in [0, 0.05) is 13.1 Å². The number of likely N-dealkylation sites (tertiary alicyclic amines) is 1. The Hall–Kier alpha value is -3.69. The van der Waals surface area contributed by atoms with Gasteiger partial charge >= 0.3 is 0 Å². The molecule has 1 aliphatic heterocycles. The molecule has 1 aliphatic rings. The predicted octanol–water partition coefficient (Wildman–Crippen LogP) is 2.67. The van der Waals surface area contributed by atoms with Crippen molar-refractivity contribution in [3.8, 4) is 5.69 Å². The lowest BCUT2D eigenvalue weighted by Crippen LogP contribution is -2.44. The maximum absolute atomic E-state index is 14.3. The van der Waals surface area contributed by atoms with Crippen LogP contribution in [0.25, 0.3) is 5.69 Å². The molecule has 32 heavy (non-hydrogen) atoms. The van der Waals surface area contributed by atoms with Crippen molar-refractivity contribution in [2.24, 2.45) is 5.92 Å². The van der Waals surface area contributed by atoms with E-state index in [0.29, 0.717) is 36.5 Å². The van der Waals surface area contributed by atoms with Gasteiger partial charge in [-0.25, -0.2) is 8.78 Å². The van der Waals surface area contributed by atoms with E-state index in [-0.39, 0.29) is 36.3 Å². The number of anilines is 1. The second kappa shape index (κ2) is 9.21. The van der Waals surface area contributed by atoms with Crippen LogP contribution < -0.4 is 5.32 Å². The fourth-order valence-electron chi connectivity index (χ4n) is 3.75. The maximum Gasteiger partial charge on any atom is 0.229 e. The van der Waals surface area contributed by atoms with Gasteiger partial charge in [-0.05, 0) is 66.1 Å². The Morgan fingerprint density at radius 3 is 2.66 bits per heavy atom. The lowest BCUT2D eigenvalue weighted by molar-refractivity contribution is -0.133. The van der Waals surface area contributed by atoms with Gasteiger partial charge in [0.05, 0.1) is 23.7 Å². The number of rotatable bonds is 5. The van der Waals surface area contributed by atoms with Gasteiger partial charge in [0.2, 0.25) is 11.8 Å². The van der Waals surface area contributed by atoms with E-state index in [2.05, 4.69) is 20.8 Å². The molecular formula is C22H22F2N6O2. The summed E-state index contributed by atoms with van der Waals surface area (Å²) in [6.45, 7) is 2.51. The highest BCUT2D eigenvalue weighted by Gasteiger charge is 2.29. The lowest BCUT2D eigenvalue weighted by atomic mass is 9.96.